The molecule has 0 spiro atoms. The quantitative estimate of drug-likeness (QED) is 0.665. The standard InChI is InChI=1S/C19H18O2/c1-3-7-16-14(5-1)13-15-6-2-4-8-17(15)18(16)9-10-19-20-11-12-21-19/h1-8,13,19H,9-12H2. The van der Waals surface area contributed by atoms with E-state index in [1.165, 1.54) is 27.1 Å². The van der Waals surface area contributed by atoms with Gasteiger partial charge < -0.3 is 9.47 Å². The van der Waals surface area contributed by atoms with Gasteiger partial charge in [-0.3, -0.25) is 0 Å². The van der Waals surface area contributed by atoms with Crippen molar-refractivity contribution < 1.29 is 9.47 Å². The number of benzene rings is 3. The molecular weight excluding hydrogens is 260 g/mol. The molecule has 0 saturated carbocycles. The van der Waals surface area contributed by atoms with E-state index in [-0.39, 0.29) is 6.29 Å². The van der Waals surface area contributed by atoms with Gasteiger partial charge in [0, 0.05) is 6.42 Å². The van der Waals surface area contributed by atoms with Crippen molar-refractivity contribution >= 4 is 21.5 Å². The van der Waals surface area contributed by atoms with Crippen LogP contribution in [0.2, 0.25) is 0 Å². The molecule has 0 N–H and O–H groups in total. The van der Waals surface area contributed by atoms with E-state index in [0.717, 1.165) is 26.1 Å². The van der Waals surface area contributed by atoms with Crippen LogP contribution in [0.1, 0.15) is 12.0 Å². The number of aryl methyl sites for hydroxylation is 1. The van der Waals surface area contributed by atoms with Crippen molar-refractivity contribution in [3.05, 3.63) is 60.2 Å². The molecule has 4 rings (SSSR count). The molecule has 1 fully saturated rings. The van der Waals surface area contributed by atoms with Gasteiger partial charge in [0.05, 0.1) is 13.2 Å². The molecule has 21 heavy (non-hydrogen) atoms. The van der Waals surface area contributed by atoms with Crippen LogP contribution in [0, 0.1) is 0 Å². The summed E-state index contributed by atoms with van der Waals surface area (Å²) in [5.41, 5.74) is 1.41. The molecule has 0 atom stereocenters. The lowest BCUT2D eigenvalue weighted by atomic mass is 9.94. The lowest BCUT2D eigenvalue weighted by Gasteiger charge is -2.13. The molecule has 1 aliphatic rings. The second-order valence-corrected chi connectivity index (χ2v) is 5.51. The Balaban J connectivity index is 1.81. The first-order valence-electron chi connectivity index (χ1n) is 7.54. The van der Waals surface area contributed by atoms with Crippen molar-refractivity contribution in [2.24, 2.45) is 0 Å². The average Bonchev–Trinajstić information content (AvgIpc) is 3.05. The average molecular weight is 278 g/mol. The summed E-state index contributed by atoms with van der Waals surface area (Å²) in [6, 6.07) is 19.5. The first-order chi connectivity index (χ1) is 10.4. The van der Waals surface area contributed by atoms with Crippen LogP contribution in [0.25, 0.3) is 21.5 Å². The molecule has 2 nitrogen and oxygen atoms in total. The monoisotopic (exact) mass is 278 g/mol. The highest BCUT2D eigenvalue weighted by Crippen LogP contribution is 2.30. The normalized spacial score (nSPS) is 16.0. The zero-order valence-corrected chi connectivity index (χ0v) is 11.9. The first kappa shape index (κ1) is 12.8. The SMILES string of the molecule is c1ccc2c(CCC3OCCO3)c3ccccc3cc2c1. The molecular formula is C19H18O2. The highest BCUT2D eigenvalue weighted by atomic mass is 16.7. The molecule has 2 heteroatoms. The Morgan fingerprint density at radius 1 is 0.810 bits per heavy atom. The molecule has 0 unspecified atom stereocenters. The smallest absolute Gasteiger partial charge is 0.158 e. The maximum Gasteiger partial charge on any atom is 0.158 e. The number of hydrogen-bond acceptors (Lipinski definition) is 2. The third-order valence-corrected chi connectivity index (χ3v) is 4.20. The van der Waals surface area contributed by atoms with Crippen LogP contribution in [0.3, 0.4) is 0 Å². The molecule has 3 aromatic rings. The van der Waals surface area contributed by atoms with E-state index >= 15 is 0 Å². The van der Waals surface area contributed by atoms with Gasteiger partial charge in [-0.15, -0.1) is 0 Å². The minimum atomic E-state index is -0.0391. The lowest BCUT2D eigenvalue weighted by Crippen LogP contribution is -2.09. The molecule has 0 aromatic heterocycles. The third-order valence-electron chi connectivity index (χ3n) is 4.20. The van der Waals surface area contributed by atoms with Gasteiger partial charge in [-0.05, 0) is 39.6 Å². The van der Waals surface area contributed by atoms with Crippen molar-refractivity contribution in [2.45, 2.75) is 19.1 Å². The zero-order chi connectivity index (χ0) is 14.1. The van der Waals surface area contributed by atoms with Gasteiger partial charge in [0.2, 0.25) is 0 Å². The molecule has 0 bridgehead atoms. The minimum Gasteiger partial charge on any atom is -0.350 e. The van der Waals surface area contributed by atoms with Crippen molar-refractivity contribution in [3.63, 3.8) is 0 Å². The van der Waals surface area contributed by atoms with E-state index in [1.807, 2.05) is 0 Å². The van der Waals surface area contributed by atoms with E-state index < -0.39 is 0 Å². The van der Waals surface area contributed by atoms with E-state index in [1.54, 1.807) is 0 Å². The highest BCUT2D eigenvalue weighted by Gasteiger charge is 2.17. The largest absolute Gasteiger partial charge is 0.350 e. The second-order valence-electron chi connectivity index (χ2n) is 5.51. The number of fused-ring (bicyclic) bond motifs is 2. The summed E-state index contributed by atoms with van der Waals surface area (Å²) in [6.45, 7) is 1.45. The summed E-state index contributed by atoms with van der Waals surface area (Å²) >= 11 is 0. The number of ether oxygens (including phenoxy) is 2. The summed E-state index contributed by atoms with van der Waals surface area (Å²) in [4.78, 5) is 0. The predicted molar refractivity (Wildman–Crippen MR) is 85.5 cm³/mol. The third kappa shape index (κ3) is 2.41. The van der Waals surface area contributed by atoms with E-state index in [9.17, 15) is 0 Å². The van der Waals surface area contributed by atoms with Crippen molar-refractivity contribution in [1.82, 2.24) is 0 Å². The van der Waals surface area contributed by atoms with Crippen LogP contribution in [0.5, 0.6) is 0 Å². The Bertz CT molecular complexity index is 719. The van der Waals surface area contributed by atoms with Gasteiger partial charge in [0.1, 0.15) is 0 Å². The van der Waals surface area contributed by atoms with Crippen molar-refractivity contribution in [1.29, 1.82) is 0 Å². The fourth-order valence-electron chi connectivity index (χ4n) is 3.21. The van der Waals surface area contributed by atoms with Crippen LogP contribution in [0.15, 0.2) is 54.6 Å². The first-order valence-corrected chi connectivity index (χ1v) is 7.54. The van der Waals surface area contributed by atoms with Crippen LogP contribution in [0.4, 0.5) is 0 Å². The van der Waals surface area contributed by atoms with Crippen LogP contribution >= 0.6 is 0 Å². The van der Waals surface area contributed by atoms with Crippen LogP contribution in [-0.2, 0) is 15.9 Å². The summed E-state index contributed by atoms with van der Waals surface area (Å²) in [5, 5.41) is 5.29. The van der Waals surface area contributed by atoms with Gasteiger partial charge in [-0.25, -0.2) is 0 Å². The molecule has 1 heterocycles. The van der Waals surface area contributed by atoms with Crippen LogP contribution < -0.4 is 0 Å². The minimum absolute atomic E-state index is 0.0391. The molecule has 1 saturated heterocycles. The van der Waals surface area contributed by atoms with E-state index in [0.29, 0.717) is 0 Å². The van der Waals surface area contributed by atoms with Crippen molar-refractivity contribution in [3.8, 4) is 0 Å². The van der Waals surface area contributed by atoms with Gasteiger partial charge in [0.25, 0.3) is 0 Å². The maximum absolute atomic E-state index is 5.58. The Morgan fingerprint density at radius 2 is 1.38 bits per heavy atom. The predicted octanol–water partition coefficient (Wildman–Crippen LogP) is 4.30. The second kappa shape index (κ2) is 5.47. The summed E-state index contributed by atoms with van der Waals surface area (Å²) in [7, 11) is 0. The molecule has 0 aliphatic carbocycles. The topological polar surface area (TPSA) is 18.5 Å². The van der Waals surface area contributed by atoms with Gasteiger partial charge in [-0.2, -0.15) is 0 Å². The summed E-state index contributed by atoms with van der Waals surface area (Å²) < 4.78 is 11.2. The Hall–Kier alpha value is -1.90. The molecule has 0 radical (unpaired) electrons. The van der Waals surface area contributed by atoms with Gasteiger partial charge >= 0.3 is 0 Å². The zero-order valence-electron chi connectivity index (χ0n) is 11.9. The summed E-state index contributed by atoms with van der Waals surface area (Å²) in [5.74, 6) is 0. The van der Waals surface area contributed by atoms with E-state index in [2.05, 4.69) is 54.6 Å². The fourth-order valence-corrected chi connectivity index (χ4v) is 3.21. The molecule has 106 valence electrons. The molecule has 3 aromatic carbocycles. The maximum atomic E-state index is 5.58. The van der Waals surface area contributed by atoms with Crippen LogP contribution in [-0.4, -0.2) is 19.5 Å². The van der Waals surface area contributed by atoms with Gasteiger partial charge in [-0.1, -0.05) is 48.5 Å². The summed E-state index contributed by atoms with van der Waals surface area (Å²) in [6.07, 6.45) is 1.85. The molecule has 1 aliphatic heterocycles. The Labute approximate surface area is 124 Å². The highest BCUT2D eigenvalue weighted by molar-refractivity contribution is 6.02. The molecule has 0 amide bonds. The van der Waals surface area contributed by atoms with E-state index in [4.69, 9.17) is 9.47 Å². The lowest BCUT2D eigenvalue weighted by molar-refractivity contribution is -0.0460. The fraction of sp³-hybridized carbons (Fsp3) is 0.263. The Morgan fingerprint density at radius 3 is 2.00 bits per heavy atom. The van der Waals surface area contributed by atoms with Crippen molar-refractivity contribution in [2.75, 3.05) is 13.2 Å². The van der Waals surface area contributed by atoms with Gasteiger partial charge in [0.15, 0.2) is 6.29 Å². The number of rotatable bonds is 3. The number of hydrogen-bond donors (Lipinski definition) is 0. The Kier molecular flexibility index (Phi) is 3.34.